The van der Waals surface area contributed by atoms with Gasteiger partial charge in [0.25, 0.3) is 0 Å². The van der Waals surface area contributed by atoms with E-state index in [4.69, 9.17) is 4.74 Å². The normalized spacial score (nSPS) is 16.1. The van der Waals surface area contributed by atoms with Gasteiger partial charge in [0.1, 0.15) is 0 Å². The molecule has 1 aliphatic rings. The zero-order valence-electron chi connectivity index (χ0n) is 16.2. The Hall–Kier alpha value is -1.93. The van der Waals surface area contributed by atoms with Gasteiger partial charge in [0.2, 0.25) is 15.9 Å². The molecule has 0 saturated carbocycles. The summed E-state index contributed by atoms with van der Waals surface area (Å²) in [5.74, 6) is -0.715. The highest BCUT2D eigenvalue weighted by atomic mass is 32.2. The average molecular weight is 397 g/mol. The first-order valence-electron chi connectivity index (χ1n) is 9.26. The minimum Gasteiger partial charge on any atom is -0.466 e. The molecule has 1 heterocycles. The lowest BCUT2D eigenvalue weighted by molar-refractivity contribution is -0.143. The molecule has 0 atom stereocenters. The number of nitrogens with zero attached hydrogens (tertiary/aromatic N) is 1. The maximum atomic E-state index is 12.9. The van der Waals surface area contributed by atoms with Crippen LogP contribution < -0.4 is 5.32 Å². The molecule has 1 aromatic rings. The van der Waals surface area contributed by atoms with Gasteiger partial charge in [-0.3, -0.25) is 9.59 Å². The highest BCUT2D eigenvalue weighted by Gasteiger charge is 2.32. The molecule has 1 saturated heterocycles. The van der Waals surface area contributed by atoms with Crippen molar-refractivity contribution in [1.82, 2.24) is 9.62 Å². The number of piperidine rings is 1. The molecular formula is C19H28N2O5S. The fourth-order valence-electron chi connectivity index (χ4n) is 3.25. The summed E-state index contributed by atoms with van der Waals surface area (Å²) in [6.07, 6.45) is 1.07. The second-order valence-corrected chi connectivity index (χ2v) is 8.70. The molecule has 0 radical (unpaired) electrons. The quantitative estimate of drug-likeness (QED) is 0.709. The molecule has 8 heteroatoms. The Morgan fingerprint density at radius 1 is 1.22 bits per heavy atom. The molecule has 0 bridgehead atoms. The van der Waals surface area contributed by atoms with E-state index in [-0.39, 0.29) is 30.8 Å². The fourth-order valence-corrected chi connectivity index (χ4v) is 4.93. The van der Waals surface area contributed by atoms with Crippen LogP contribution in [-0.2, 0) is 24.3 Å². The number of hydrogen-bond donors (Lipinski definition) is 1. The minimum absolute atomic E-state index is 0.136. The maximum Gasteiger partial charge on any atom is 0.307 e. The van der Waals surface area contributed by atoms with Gasteiger partial charge in [-0.05, 0) is 45.2 Å². The van der Waals surface area contributed by atoms with E-state index in [1.54, 1.807) is 26.0 Å². The van der Waals surface area contributed by atoms with E-state index in [2.05, 4.69) is 5.32 Å². The summed E-state index contributed by atoms with van der Waals surface area (Å²) in [7, 11) is -3.55. The van der Waals surface area contributed by atoms with Crippen molar-refractivity contribution in [1.29, 1.82) is 0 Å². The van der Waals surface area contributed by atoms with Crippen molar-refractivity contribution in [3.63, 3.8) is 0 Å². The number of aryl methyl sites for hydroxylation is 2. The van der Waals surface area contributed by atoms with Crippen molar-refractivity contribution in [2.24, 2.45) is 5.92 Å². The second-order valence-electron chi connectivity index (χ2n) is 6.79. The van der Waals surface area contributed by atoms with Crippen molar-refractivity contribution >= 4 is 21.9 Å². The number of sulfonamides is 1. The Balaban J connectivity index is 1.89. The number of rotatable bonds is 7. The van der Waals surface area contributed by atoms with Gasteiger partial charge >= 0.3 is 5.97 Å². The lowest BCUT2D eigenvalue weighted by Gasteiger charge is -2.31. The van der Waals surface area contributed by atoms with Crippen LogP contribution in [0, 0.1) is 19.8 Å². The Morgan fingerprint density at radius 2 is 1.89 bits per heavy atom. The van der Waals surface area contributed by atoms with Crippen molar-refractivity contribution < 1.29 is 22.7 Å². The summed E-state index contributed by atoms with van der Waals surface area (Å²) in [6, 6.07) is 5.30. The monoisotopic (exact) mass is 396 g/mol. The van der Waals surface area contributed by atoms with Crippen molar-refractivity contribution in [3.8, 4) is 0 Å². The number of carbonyl (C=O) groups is 2. The summed E-state index contributed by atoms with van der Waals surface area (Å²) >= 11 is 0. The van der Waals surface area contributed by atoms with Gasteiger partial charge in [-0.15, -0.1) is 0 Å². The first-order chi connectivity index (χ1) is 12.8. The predicted molar refractivity (Wildman–Crippen MR) is 102 cm³/mol. The Morgan fingerprint density at radius 3 is 2.48 bits per heavy atom. The van der Waals surface area contributed by atoms with Gasteiger partial charge < -0.3 is 10.1 Å². The first kappa shape index (κ1) is 21.4. The van der Waals surface area contributed by atoms with Gasteiger partial charge in [-0.2, -0.15) is 4.31 Å². The largest absolute Gasteiger partial charge is 0.466 e. The maximum absolute atomic E-state index is 12.9. The number of ether oxygens (including phenoxy) is 1. The molecule has 7 nitrogen and oxygen atoms in total. The van der Waals surface area contributed by atoms with E-state index in [0.29, 0.717) is 37.4 Å². The summed E-state index contributed by atoms with van der Waals surface area (Å²) in [6.45, 7) is 6.63. The van der Waals surface area contributed by atoms with Crippen LogP contribution in [0.3, 0.4) is 0 Å². The van der Waals surface area contributed by atoms with Crippen molar-refractivity contribution in [3.05, 3.63) is 29.3 Å². The summed E-state index contributed by atoms with van der Waals surface area (Å²) in [5, 5.41) is 2.73. The predicted octanol–water partition coefficient (Wildman–Crippen LogP) is 1.77. The number of nitrogens with one attached hydrogen (secondary N) is 1. The number of hydrogen-bond acceptors (Lipinski definition) is 5. The number of benzene rings is 1. The van der Waals surface area contributed by atoms with Crippen LogP contribution in [0.2, 0.25) is 0 Å². The molecule has 1 amide bonds. The van der Waals surface area contributed by atoms with Gasteiger partial charge in [0, 0.05) is 25.6 Å². The molecule has 0 unspecified atom stereocenters. The van der Waals surface area contributed by atoms with E-state index in [0.717, 1.165) is 11.1 Å². The molecule has 1 aromatic carbocycles. The second kappa shape index (κ2) is 9.32. The van der Waals surface area contributed by atoms with Crippen molar-refractivity contribution in [2.75, 3.05) is 26.2 Å². The van der Waals surface area contributed by atoms with Crippen LogP contribution in [-0.4, -0.2) is 50.8 Å². The summed E-state index contributed by atoms with van der Waals surface area (Å²) < 4.78 is 32.0. The van der Waals surface area contributed by atoms with Gasteiger partial charge in [0.05, 0.1) is 17.9 Å². The van der Waals surface area contributed by atoms with Crippen LogP contribution in [0.1, 0.15) is 37.3 Å². The average Bonchev–Trinajstić information content (AvgIpc) is 2.61. The highest BCUT2D eigenvalue weighted by molar-refractivity contribution is 7.89. The SMILES string of the molecule is CCOC(=O)CCNC(=O)C1CCN(S(=O)(=O)c2ccc(C)cc2C)CC1. The smallest absolute Gasteiger partial charge is 0.307 e. The van der Waals surface area contributed by atoms with Crippen LogP contribution in [0.15, 0.2) is 23.1 Å². The highest BCUT2D eigenvalue weighted by Crippen LogP contribution is 2.26. The molecule has 1 aliphatic heterocycles. The number of amides is 1. The third-order valence-corrected chi connectivity index (χ3v) is 6.77. The summed E-state index contributed by atoms with van der Waals surface area (Å²) in [4.78, 5) is 23.8. The third kappa shape index (κ3) is 5.52. The van der Waals surface area contributed by atoms with Crippen LogP contribution in [0.4, 0.5) is 0 Å². The third-order valence-electron chi connectivity index (χ3n) is 4.71. The Bertz CT molecular complexity index is 783. The molecule has 2 rings (SSSR count). The van der Waals surface area contributed by atoms with Crippen LogP contribution >= 0.6 is 0 Å². The zero-order valence-corrected chi connectivity index (χ0v) is 17.0. The number of esters is 1. The summed E-state index contributed by atoms with van der Waals surface area (Å²) in [5.41, 5.74) is 1.75. The lowest BCUT2D eigenvalue weighted by Crippen LogP contribution is -2.43. The molecule has 0 aromatic heterocycles. The van der Waals surface area contributed by atoms with Crippen LogP contribution in [0.5, 0.6) is 0 Å². The van der Waals surface area contributed by atoms with Gasteiger partial charge in [-0.25, -0.2) is 8.42 Å². The molecular weight excluding hydrogens is 368 g/mol. The van der Waals surface area contributed by atoms with E-state index < -0.39 is 10.0 Å². The van der Waals surface area contributed by atoms with E-state index in [1.807, 2.05) is 13.0 Å². The van der Waals surface area contributed by atoms with Crippen LogP contribution in [0.25, 0.3) is 0 Å². The molecule has 1 N–H and O–H groups in total. The molecule has 0 spiro atoms. The van der Waals surface area contributed by atoms with E-state index in [1.165, 1.54) is 4.31 Å². The topological polar surface area (TPSA) is 92.8 Å². The molecule has 150 valence electrons. The molecule has 0 aliphatic carbocycles. The Kier molecular flexibility index (Phi) is 7.38. The van der Waals surface area contributed by atoms with Gasteiger partial charge in [0.15, 0.2) is 0 Å². The standard InChI is InChI=1S/C19H28N2O5S/c1-4-26-18(22)7-10-20-19(23)16-8-11-21(12-9-16)27(24,25)17-6-5-14(2)13-15(17)3/h5-6,13,16H,4,7-12H2,1-3H3,(H,20,23). The number of carbonyl (C=O) groups excluding carboxylic acids is 2. The first-order valence-corrected chi connectivity index (χ1v) is 10.7. The Labute approximate surface area is 161 Å². The molecule has 27 heavy (non-hydrogen) atoms. The fraction of sp³-hybridized carbons (Fsp3) is 0.579. The van der Waals surface area contributed by atoms with Gasteiger partial charge in [-0.1, -0.05) is 17.7 Å². The lowest BCUT2D eigenvalue weighted by atomic mass is 9.97. The van der Waals surface area contributed by atoms with E-state index in [9.17, 15) is 18.0 Å². The molecule has 1 fully saturated rings. The zero-order chi connectivity index (χ0) is 20.0. The van der Waals surface area contributed by atoms with E-state index >= 15 is 0 Å². The minimum atomic E-state index is -3.55. The van der Waals surface area contributed by atoms with Crippen molar-refractivity contribution in [2.45, 2.75) is 44.9 Å².